The zero-order chi connectivity index (χ0) is 12.0. The highest BCUT2D eigenvalue weighted by Gasteiger charge is 2.16. The first-order valence-electron chi connectivity index (χ1n) is 6.41. The van der Waals surface area contributed by atoms with Gasteiger partial charge in [-0.3, -0.25) is 0 Å². The topological polar surface area (TPSA) is 46.2 Å². The Morgan fingerprint density at radius 3 is 2.44 bits per heavy atom. The normalized spacial score (nSPS) is 19.2. The summed E-state index contributed by atoms with van der Waals surface area (Å²) < 4.78 is 23.3. The molecule has 1 rings (SSSR count). The Hall–Kier alpha value is -0.0900. The molecule has 0 radical (unpaired) electrons. The highest BCUT2D eigenvalue weighted by Crippen LogP contribution is 2.18. The standard InChI is InChI=1S/C12H25NO2S/c1-11(2)10-16(14,15)9-3-4-12-5-7-13-8-6-12/h11-13H,3-10H2,1-2H3. The van der Waals surface area contributed by atoms with Crippen LogP contribution >= 0.6 is 0 Å². The molecule has 1 heterocycles. The third kappa shape index (κ3) is 5.85. The van der Waals surface area contributed by atoms with Crippen LogP contribution in [0.2, 0.25) is 0 Å². The third-order valence-corrected chi connectivity index (χ3v) is 5.20. The molecule has 4 heteroatoms. The first kappa shape index (κ1) is 14.0. The summed E-state index contributed by atoms with van der Waals surface area (Å²) in [6.45, 7) is 6.13. The van der Waals surface area contributed by atoms with Gasteiger partial charge in [-0.15, -0.1) is 0 Å². The van der Waals surface area contributed by atoms with Crippen molar-refractivity contribution in [1.82, 2.24) is 5.32 Å². The van der Waals surface area contributed by atoms with E-state index in [9.17, 15) is 8.42 Å². The zero-order valence-electron chi connectivity index (χ0n) is 10.5. The lowest BCUT2D eigenvalue weighted by Crippen LogP contribution is -2.28. The van der Waals surface area contributed by atoms with Gasteiger partial charge in [-0.2, -0.15) is 0 Å². The molecule has 0 saturated carbocycles. The molecule has 1 aliphatic heterocycles. The van der Waals surface area contributed by atoms with Crippen LogP contribution in [0.5, 0.6) is 0 Å². The molecule has 1 fully saturated rings. The number of hydrogen-bond acceptors (Lipinski definition) is 3. The van der Waals surface area contributed by atoms with Crippen LogP contribution < -0.4 is 5.32 Å². The van der Waals surface area contributed by atoms with Gasteiger partial charge < -0.3 is 5.32 Å². The monoisotopic (exact) mass is 247 g/mol. The average molecular weight is 247 g/mol. The van der Waals surface area contributed by atoms with Gasteiger partial charge in [-0.05, 0) is 50.6 Å². The van der Waals surface area contributed by atoms with E-state index in [1.54, 1.807) is 0 Å². The van der Waals surface area contributed by atoms with Crippen LogP contribution in [0.3, 0.4) is 0 Å². The van der Waals surface area contributed by atoms with Gasteiger partial charge in [0.1, 0.15) is 0 Å². The maximum atomic E-state index is 11.7. The number of nitrogens with one attached hydrogen (secondary N) is 1. The lowest BCUT2D eigenvalue weighted by Gasteiger charge is -2.22. The molecular formula is C12H25NO2S. The Morgan fingerprint density at radius 1 is 1.25 bits per heavy atom. The van der Waals surface area contributed by atoms with E-state index in [2.05, 4.69) is 5.32 Å². The first-order valence-corrected chi connectivity index (χ1v) is 8.23. The van der Waals surface area contributed by atoms with Crippen LogP contribution in [0.25, 0.3) is 0 Å². The van der Waals surface area contributed by atoms with Crippen molar-refractivity contribution in [2.24, 2.45) is 11.8 Å². The van der Waals surface area contributed by atoms with Gasteiger partial charge in [0.05, 0.1) is 11.5 Å². The minimum Gasteiger partial charge on any atom is -0.317 e. The van der Waals surface area contributed by atoms with Crippen molar-refractivity contribution in [2.75, 3.05) is 24.6 Å². The molecule has 0 aromatic rings. The van der Waals surface area contributed by atoms with Gasteiger partial charge >= 0.3 is 0 Å². The molecule has 1 aliphatic rings. The molecule has 0 spiro atoms. The SMILES string of the molecule is CC(C)CS(=O)(=O)CCCC1CCNCC1. The molecule has 0 aromatic heterocycles. The second-order valence-corrected chi connectivity index (χ2v) is 7.57. The number of piperidine rings is 1. The fourth-order valence-corrected chi connectivity index (χ4v) is 4.14. The Kier molecular flexibility index (Phi) is 5.76. The van der Waals surface area contributed by atoms with Crippen molar-refractivity contribution in [2.45, 2.75) is 39.5 Å². The summed E-state index contributed by atoms with van der Waals surface area (Å²) in [6.07, 6.45) is 4.35. The second-order valence-electron chi connectivity index (χ2n) is 5.34. The molecular weight excluding hydrogens is 222 g/mol. The van der Waals surface area contributed by atoms with Gasteiger partial charge in [0.25, 0.3) is 0 Å². The van der Waals surface area contributed by atoms with E-state index in [0.29, 0.717) is 11.5 Å². The fraction of sp³-hybridized carbons (Fsp3) is 1.00. The van der Waals surface area contributed by atoms with Crippen molar-refractivity contribution < 1.29 is 8.42 Å². The minimum atomic E-state index is -2.80. The van der Waals surface area contributed by atoms with Crippen molar-refractivity contribution in [3.8, 4) is 0 Å². The van der Waals surface area contributed by atoms with E-state index < -0.39 is 9.84 Å². The summed E-state index contributed by atoms with van der Waals surface area (Å²) in [5, 5.41) is 3.33. The largest absolute Gasteiger partial charge is 0.317 e. The van der Waals surface area contributed by atoms with Gasteiger partial charge in [0, 0.05) is 0 Å². The summed E-state index contributed by atoms with van der Waals surface area (Å²) in [5.74, 6) is 1.73. The summed E-state index contributed by atoms with van der Waals surface area (Å²) in [7, 11) is -2.80. The highest BCUT2D eigenvalue weighted by molar-refractivity contribution is 7.91. The fourth-order valence-electron chi connectivity index (χ4n) is 2.35. The Bertz CT molecular complexity index is 279. The lowest BCUT2D eigenvalue weighted by molar-refractivity contribution is 0.351. The van der Waals surface area contributed by atoms with Crippen molar-refractivity contribution in [3.05, 3.63) is 0 Å². The molecule has 3 nitrogen and oxygen atoms in total. The van der Waals surface area contributed by atoms with Crippen molar-refractivity contribution in [1.29, 1.82) is 0 Å². The first-order chi connectivity index (χ1) is 7.49. The van der Waals surface area contributed by atoms with Crippen molar-refractivity contribution >= 4 is 9.84 Å². The van der Waals surface area contributed by atoms with Gasteiger partial charge in [0.15, 0.2) is 9.84 Å². The van der Waals surface area contributed by atoms with Crippen LogP contribution in [-0.4, -0.2) is 33.0 Å². The summed E-state index contributed by atoms with van der Waals surface area (Å²) in [4.78, 5) is 0. The van der Waals surface area contributed by atoms with Gasteiger partial charge in [-0.25, -0.2) is 8.42 Å². The maximum Gasteiger partial charge on any atom is 0.150 e. The Balaban J connectivity index is 2.18. The molecule has 0 atom stereocenters. The smallest absolute Gasteiger partial charge is 0.150 e. The number of hydrogen-bond donors (Lipinski definition) is 1. The lowest BCUT2D eigenvalue weighted by atomic mass is 9.94. The molecule has 96 valence electrons. The molecule has 1 saturated heterocycles. The Morgan fingerprint density at radius 2 is 1.88 bits per heavy atom. The van der Waals surface area contributed by atoms with Crippen LogP contribution in [0.15, 0.2) is 0 Å². The molecule has 1 N–H and O–H groups in total. The molecule has 16 heavy (non-hydrogen) atoms. The molecule has 0 bridgehead atoms. The van der Waals surface area contributed by atoms with Crippen LogP contribution in [0, 0.1) is 11.8 Å². The van der Waals surface area contributed by atoms with E-state index >= 15 is 0 Å². The highest BCUT2D eigenvalue weighted by atomic mass is 32.2. The number of rotatable bonds is 6. The number of sulfone groups is 1. The van der Waals surface area contributed by atoms with Crippen LogP contribution in [-0.2, 0) is 9.84 Å². The minimum absolute atomic E-state index is 0.254. The van der Waals surface area contributed by atoms with E-state index in [1.165, 1.54) is 12.8 Å². The maximum absolute atomic E-state index is 11.7. The van der Waals surface area contributed by atoms with E-state index in [4.69, 9.17) is 0 Å². The van der Waals surface area contributed by atoms with E-state index in [1.807, 2.05) is 13.8 Å². The summed E-state index contributed by atoms with van der Waals surface area (Å²) >= 11 is 0. The molecule has 0 unspecified atom stereocenters. The summed E-state index contributed by atoms with van der Waals surface area (Å²) in [6, 6.07) is 0. The molecule has 0 aliphatic carbocycles. The van der Waals surface area contributed by atoms with E-state index in [-0.39, 0.29) is 5.92 Å². The zero-order valence-corrected chi connectivity index (χ0v) is 11.4. The second kappa shape index (κ2) is 6.60. The van der Waals surface area contributed by atoms with Gasteiger partial charge in [0.2, 0.25) is 0 Å². The predicted octanol–water partition coefficient (Wildman–Crippen LogP) is 1.84. The van der Waals surface area contributed by atoms with Crippen LogP contribution in [0.1, 0.15) is 39.5 Å². The van der Waals surface area contributed by atoms with Gasteiger partial charge in [-0.1, -0.05) is 13.8 Å². The van der Waals surface area contributed by atoms with Crippen LogP contribution in [0.4, 0.5) is 0 Å². The van der Waals surface area contributed by atoms with Crippen molar-refractivity contribution in [3.63, 3.8) is 0 Å². The third-order valence-electron chi connectivity index (χ3n) is 3.11. The predicted molar refractivity (Wildman–Crippen MR) is 68.3 cm³/mol. The molecule has 0 aromatic carbocycles. The quantitative estimate of drug-likeness (QED) is 0.779. The Labute approximate surface area is 99.9 Å². The summed E-state index contributed by atoms with van der Waals surface area (Å²) in [5.41, 5.74) is 0. The average Bonchev–Trinajstić information content (AvgIpc) is 2.16. The molecule has 0 amide bonds. The van der Waals surface area contributed by atoms with E-state index in [0.717, 1.165) is 31.8 Å².